The quantitative estimate of drug-likeness (QED) is 0.639. The Morgan fingerprint density at radius 3 is 2.69 bits per heavy atom. The molecule has 4 heteroatoms. The van der Waals surface area contributed by atoms with Gasteiger partial charge in [-0.15, -0.1) is 0 Å². The number of hydrogen-bond acceptors (Lipinski definition) is 3. The third-order valence-corrected chi connectivity index (χ3v) is 5.58. The summed E-state index contributed by atoms with van der Waals surface area (Å²) in [6, 6.07) is 18.1. The standard InChI is InChI=1S/C25H21NO3/c1-15-10-16(12-23-25(15)29-14-24(28)26-23)11-22-20-5-3-2-4-17(20)6-7-18-13-19(27)8-9-21(18)22/h2-5,8-13,27H,6-7,14H2,1H3,(H,26,28). The van der Waals surface area contributed by atoms with Crippen molar-refractivity contribution in [2.24, 2.45) is 0 Å². The Hall–Kier alpha value is -3.53. The number of anilines is 1. The number of fused-ring (bicyclic) bond motifs is 3. The first-order chi connectivity index (χ1) is 14.1. The van der Waals surface area contributed by atoms with Crippen LogP contribution in [0, 0.1) is 6.92 Å². The molecule has 0 radical (unpaired) electrons. The van der Waals surface area contributed by atoms with Crippen LogP contribution in [0.15, 0.2) is 54.6 Å². The van der Waals surface area contributed by atoms with Crippen molar-refractivity contribution in [3.8, 4) is 11.5 Å². The summed E-state index contributed by atoms with van der Waals surface area (Å²) in [7, 11) is 0. The molecule has 1 aliphatic heterocycles. The lowest BCUT2D eigenvalue weighted by Gasteiger charge is -2.20. The predicted octanol–water partition coefficient (Wildman–Crippen LogP) is 4.72. The minimum atomic E-state index is -0.137. The van der Waals surface area contributed by atoms with Crippen LogP contribution in [0.5, 0.6) is 11.5 Å². The van der Waals surface area contributed by atoms with Gasteiger partial charge < -0.3 is 15.2 Å². The maximum absolute atomic E-state index is 11.8. The van der Waals surface area contributed by atoms with E-state index < -0.39 is 0 Å². The Morgan fingerprint density at radius 2 is 1.79 bits per heavy atom. The number of carbonyl (C=O) groups excluding carboxylic acids is 1. The van der Waals surface area contributed by atoms with Gasteiger partial charge in [0.2, 0.25) is 0 Å². The minimum absolute atomic E-state index is 0.0541. The maximum atomic E-state index is 11.8. The number of amides is 1. The summed E-state index contributed by atoms with van der Waals surface area (Å²) in [6.45, 7) is 2.05. The number of aromatic hydroxyl groups is 1. The molecule has 5 rings (SSSR count). The van der Waals surface area contributed by atoms with E-state index in [9.17, 15) is 9.90 Å². The second kappa shape index (κ2) is 6.82. The molecule has 0 saturated heterocycles. The number of rotatable bonds is 1. The van der Waals surface area contributed by atoms with Crippen LogP contribution in [0.2, 0.25) is 0 Å². The molecule has 0 spiro atoms. The molecule has 0 saturated carbocycles. The van der Waals surface area contributed by atoms with Gasteiger partial charge in [-0.3, -0.25) is 4.79 Å². The fourth-order valence-electron chi connectivity index (χ4n) is 4.28. The fourth-order valence-corrected chi connectivity index (χ4v) is 4.28. The first kappa shape index (κ1) is 17.6. The fraction of sp³-hybridized carbons (Fsp3) is 0.160. The molecule has 0 fully saturated rings. The number of carbonyl (C=O) groups is 1. The van der Waals surface area contributed by atoms with E-state index in [0.29, 0.717) is 11.4 Å². The molecule has 0 aromatic heterocycles. The lowest BCUT2D eigenvalue weighted by molar-refractivity contribution is -0.118. The van der Waals surface area contributed by atoms with Gasteiger partial charge in [-0.25, -0.2) is 0 Å². The van der Waals surface area contributed by atoms with E-state index in [0.717, 1.165) is 46.4 Å². The molecule has 2 N–H and O–H groups in total. The molecule has 0 unspecified atom stereocenters. The van der Waals surface area contributed by atoms with E-state index in [2.05, 4.69) is 41.7 Å². The van der Waals surface area contributed by atoms with E-state index in [1.165, 1.54) is 11.1 Å². The zero-order valence-electron chi connectivity index (χ0n) is 16.2. The van der Waals surface area contributed by atoms with Gasteiger partial charge in [-0.05, 0) is 89.1 Å². The number of benzene rings is 3. The summed E-state index contributed by atoms with van der Waals surface area (Å²) in [6.07, 6.45) is 3.97. The predicted molar refractivity (Wildman–Crippen MR) is 114 cm³/mol. The Morgan fingerprint density at radius 1 is 1.00 bits per heavy atom. The van der Waals surface area contributed by atoms with Gasteiger partial charge >= 0.3 is 0 Å². The second-order valence-electron chi connectivity index (χ2n) is 7.61. The van der Waals surface area contributed by atoms with Crippen molar-refractivity contribution in [1.29, 1.82) is 0 Å². The average molecular weight is 383 g/mol. The van der Waals surface area contributed by atoms with Crippen molar-refractivity contribution in [2.45, 2.75) is 19.8 Å². The molecule has 144 valence electrons. The number of phenols is 1. The monoisotopic (exact) mass is 383 g/mol. The lowest BCUT2D eigenvalue weighted by Crippen LogP contribution is -2.25. The second-order valence-corrected chi connectivity index (χ2v) is 7.61. The molecule has 3 aromatic carbocycles. The van der Waals surface area contributed by atoms with Crippen LogP contribution >= 0.6 is 0 Å². The van der Waals surface area contributed by atoms with Crippen molar-refractivity contribution in [3.63, 3.8) is 0 Å². The van der Waals surface area contributed by atoms with Crippen LogP contribution in [0.1, 0.15) is 33.4 Å². The highest BCUT2D eigenvalue weighted by Crippen LogP contribution is 2.38. The first-order valence-electron chi connectivity index (χ1n) is 9.78. The van der Waals surface area contributed by atoms with Crippen LogP contribution < -0.4 is 10.1 Å². The molecule has 1 heterocycles. The lowest BCUT2D eigenvalue weighted by atomic mass is 9.92. The van der Waals surface area contributed by atoms with Crippen molar-refractivity contribution in [1.82, 2.24) is 0 Å². The van der Waals surface area contributed by atoms with Crippen molar-refractivity contribution in [3.05, 3.63) is 88.0 Å². The zero-order chi connectivity index (χ0) is 20.0. The molecule has 4 nitrogen and oxygen atoms in total. The number of nitrogens with one attached hydrogen (secondary N) is 1. The smallest absolute Gasteiger partial charge is 0.262 e. The molecular weight excluding hydrogens is 362 g/mol. The summed E-state index contributed by atoms with van der Waals surface area (Å²) in [4.78, 5) is 11.8. The number of phenolic OH excluding ortho intramolecular Hbond substituents is 1. The highest BCUT2D eigenvalue weighted by atomic mass is 16.5. The Balaban J connectivity index is 1.71. The van der Waals surface area contributed by atoms with Gasteiger partial charge in [0.25, 0.3) is 5.91 Å². The van der Waals surface area contributed by atoms with Gasteiger partial charge in [0.15, 0.2) is 6.61 Å². The van der Waals surface area contributed by atoms with E-state index >= 15 is 0 Å². The van der Waals surface area contributed by atoms with Gasteiger partial charge in [0.05, 0.1) is 5.69 Å². The normalized spacial score (nSPS) is 16.2. The highest BCUT2D eigenvalue weighted by molar-refractivity contribution is 5.98. The molecule has 0 bridgehead atoms. The van der Waals surface area contributed by atoms with Gasteiger partial charge in [0, 0.05) is 0 Å². The molecular formula is C25H21NO3. The van der Waals surface area contributed by atoms with Crippen LogP contribution in [0.3, 0.4) is 0 Å². The van der Waals surface area contributed by atoms with Crippen LogP contribution in [0.4, 0.5) is 5.69 Å². The third kappa shape index (κ3) is 3.17. The SMILES string of the molecule is Cc1cc(C=C2c3ccccc3CCc3cc(O)ccc32)cc2c1OCC(=O)N2. The van der Waals surface area contributed by atoms with Crippen LogP contribution in [-0.4, -0.2) is 17.6 Å². The van der Waals surface area contributed by atoms with Gasteiger partial charge in [-0.1, -0.05) is 30.3 Å². The third-order valence-electron chi connectivity index (χ3n) is 5.58. The molecule has 0 atom stereocenters. The van der Waals surface area contributed by atoms with Crippen LogP contribution in [0.25, 0.3) is 11.6 Å². The Labute approximate surface area is 169 Å². The zero-order valence-corrected chi connectivity index (χ0v) is 16.2. The van der Waals surface area contributed by atoms with Crippen molar-refractivity contribution < 1.29 is 14.6 Å². The van der Waals surface area contributed by atoms with E-state index in [4.69, 9.17) is 4.74 Å². The summed E-state index contributed by atoms with van der Waals surface area (Å²) < 4.78 is 5.60. The number of aryl methyl sites for hydroxylation is 3. The van der Waals surface area contributed by atoms with E-state index in [-0.39, 0.29) is 12.5 Å². The van der Waals surface area contributed by atoms with Crippen molar-refractivity contribution >= 4 is 23.2 Å². The summed E-state index contributed by atoms with van der Waals surface area (Å²) in [5, 5.41) is 12.9. The number of hydrogen-bond donors (Lipinski definition) is 2. The maximum Gasteiger partial charge on any atom is 0.262 e. The Kier molecular flexibility index (Phi) is 4.13. The molecule has 1 amide bonds. The van der Waals surface area contributed by atoms with Crippen LogP contribution in [-0.2, 0) is 17.6 Å². The van der Waals surface area contributed by atoms with Gasteiger partial charge in [0.1, 0.15) is 11.5 Å². The van der Waals surface area contributed by atoms with E-state index in [1.54, 1.807) is 6.07 Å². The average Bonchev–Trinajstić information content (AvgIpc) is 2.85. The largest absolute Gasteiger partial charge is 0.508 e. The summed E-state index contributed by atoms with van der Waals surface area (Å²) in [5.41, 5.74) is 8.58. The summed E-state index contributed by atoms with van der Waals surface area (Å²) >= 11 is 0. The topological polar surface area (TPSA) is 58.6 Å². The molecule has 1 aliphatic carbocycles. The highest BCUT2D eigenvalue weighted by Gasteiger charge is 2.21. The molecule has 2 aliphatic rings. The molecule has 3 aromatic rings. The van der Waals surface area contributed by atoms with E-state index in [1.807, 2.05) is 25.1 Å². The minimum Gasteiger partial charge on any atom is -0.508 e. The van der Waals surface area contributed by atoms with Gasteiger partial charge in [-0.2, -0.15) is 0 Å². The molecule has 29 heavy (non-hydrogen) atoms. The van der Waals surface area contributed by atoms with Crippen molar-refractivity contribution in [2.75, 3.05) is 11.9 Å². The Bertz CT molecular complexity index is 1180. The first-order valence-corrected chi connectivity index (χ1v) is 9.78. The number of ether oxygens (including phenoxy) is 1. The summed E-state index contributed by atoms with van der Waals surface area (Å²) in [5.74, 6) is 0.888.